The largest absolute Gasteiger partial charge is 0.346 e. The summed E-state index contributed by atoms with van der Waals surface area (Å²) in [5, 5.41) is 2.95. The zero-order valence-electron chi connectivity index (χ0n) is 17.6. The van der Waals surface area contributed by atoms with Gasteiger partial charge in [-0.05, 0) is 61.2 Å². The molecule has 31 heavy (non-hydrogen) atoms. The number of halogens is 1. The first-order valence-corrected chi connectivity index (χ1v) is 11.8. The minimum atomic E-state index is -3.97. The second-order valence-corrected chi connectivity index (χ2v) is 9.41. The fraction of sp³-hybridized carbons (Fsp3) is 0.208. The second-order valence-electron chi connectivity index (χ2n) is 7.36. The number of benzene rings is 3. The number of para-hydroxylation sites is 1. The van der Waals surface area contributed by atoms with Crippen LogP contribution < -0.4 is 10.0 Å². The SMILES string of the molecule is CCc1ccc([C@H](C)NC(=O)c2ccc(Cl)c(S(=O)(=O)Nc3ccccc3C)c2)cc1. The van der Waals surface area contributed by atoms with Crippen LogP contribution in [0.3, 0.4) is 0 Å². The summed E-state index contributed by atoms with van der Waals surface area (Å²) in [5.41, 5.74) is 3.63. The first-order chi connectivity index (χ1) is 14.7. The predicted octanol–water partition coefficient (Wildman–Crippen LogP) is 5.50. The van der Waals surface area contributed by atoms with E-state index in [1.807, 2.05) is 37.3 Å². The third-order valence-corrected chi connectivity index (χ3v) is 6.95. The molecule has 0 bridgehead atoms. The van der Waals surface area contributed by atoms with Gasteiger partial charge >= 0.3 is 0 Å². The third-order valence-electron chi connectivity index (χ3n) is 5.11. The van der Waals surface area contributed by atoms with Crippen molar-refractivity contribution in [3.05, 3.63) is 94.0 Å². The number of aryl methyl sites for hydroxylation is 2. The van der Waals surface area contributed by atoms with Crippen molar-refractivity contribution < 1.29 is 13.2 Å². The molecule has 0 unspecified atom stereocenters. The molecule has 1 amide bonds. The minimum absolute atomic E-state index is 0.0424. The van der Waals surface area contributed by atoms with Crippen LogP contribution in [0.4, 0.5) is 5.69 Å². The average molecular weight is 457 g/mol. The first-order valence-electron chi connectivity index (χ1n) is 9.99. The number of carbonyl (C=O) groups excluding carboxylic acids is 1. The highest BCUT2D eigenvalue weighted by Crippen LogP contribution is 2.26. The summed E-state index contributed by atoms with van der Waals surface area (Å²) < 4.78 is 28.4. The third kappa shape index (κ3) is 5.46. The molecule has 0 aliphatic carbocycles. The van der Waals surface area contributed by atoms with Gasteiger partial charge in [0.15, 0.2) is 0 Å². The molecule has 0 aliphatic rings. The van der Waals surface area contributed by atoms with Crippen LogP contribution in [0.5, 0.6) is 0 Å². The molecule has 0 aliphatic heterocycles. The second kappa shape index (κ2) is 9.54. The zero-order valence-corrected chi connectivity index (χ0v) is 19.2. The molecule has 0 heterocycles. The zero-order chi connectivity index (χ0) is 22.6. The van der Waals surface area contributed by atoms with Gasteiger partial charge in [-0.1, -0.05) is 61.0 Å². The molecule has 2 N–H and O–H groups in total. The number of hydrogen-bond acceptors (Lipinski definition) is 3. The molecule has 162 valence electrons. The molecule has 1 atom stereocenters. The Morgan fingerprint density at radius 1 is 1.03 bits per heavy atom. The van der Waals surface area contributed by atoms with E-state index < -0.39 is 10.0 Å². The van der Waals surface area contributed by atoms with Crippen molar-refractivity contribution in [3.63, 3.8) is 0 Å². The van der Waals surface area contributed by atoms with E-state index in [4.69, 9.17) is 11.6 Å². The van der Waals surface area contributed by atoms with Gasteiger partial charge in [-0.2, -0.15) is 0 Å². The predicted molar refractivity (Wildman–Crippen MR) is 125 cm³/mol. The van der Waals surface area contributed by atoms with E-state index >= 15 is 0 Å². The molecule has 0 spiro atoms. The van der Waals surface area contributed by atoms with Crippen LogP contribution in [0.2, 0.25) is 5.02 Å². The quantitative estimate of drug-likeness (QED) is 0.492. The molecule has 3 rings (SSSR count). The van der Waals surface area contributed by atoms with E-state index in [2.05, 4.69) is 17.0 Å². The molecule has 7 heteroatoms. The summed E-state index contributed by atoms with van der Waals surface area (Å²) in [4.78, 5) is 12.6. The van der Waals surface area contributed by atoms with E-state index in [0.29, 0.717) is 5.69 Å². The van der Waals surface area contributed by atoms with E-state index in [0.717, 1.165) is 17.5 Å². The topological polar surface area (TPSA) is 75.3 Å². The van der Waals surface area contributed by atoms with Crippen molar-refractivity contribution in [3.8, 4) is 0 Å². The van der Waals surface area contributed by atoms with Crippen molar-refractivity contribution in [1.29, 1.82) is 0 Å². The molecule has 5 nitrogen and oxygen atoms in total. The van der Waals surface area contributed by atoms with E-state index in [9.17, 15) is 13.2 Å². The molecular formula is C24H25ClN2O3S. The Labute approximate surface area is 188 Å². The van der Waals surface area contributed by atoms with Gasteiger partial charge < -0.3 is 5.32 Å². The summed E-state index contributed by atoms with van der Waals surface area (Å²) >= 11 is 6.17. The van der Waals surface area contributed by atoms with Gasteiger partial charge in [-0.25, -0.2) is 8.42 Å². The Balaban J connectivity index is 1.82. The van der Waals surface area contributed by atoms with E-state index in [-0.39, 0.29) is 27.4 Å². The van der Waals surface area contributed by atoms with Gasteiger partial charge in [0.25, 0.3) is 15.9 Å². The van der Waals surface area contributed by atoms with Crippen molar-refractivity contribution in [2.45, 2.75) is 38.1 Å². The fourth-order valence-electron chi connectivity index (χ4n) is 3.14. The van der Waals surface area contributed by atoms with Gasteiger partial charge in [0, 0.05) is 5.56 Å². The number of anilines is 1. The number of hydrogen-bond donors (Lipinski definition) is 2. The Morgan fingerprint density at radius 3 is 2.35 bits per heavy atom. The molecule has 0 saturated carbocycles. The summed E-state index contributed by atoms with van der Waals surface area (Å²) in [5.74, 6) is -0.379. The van der Waals surface area contributed by atoms with E-state index in [1.165, 1.54) is 23.8 Å². The summed E-state index contributed by atoms with van der Waals surface area (Å²) in [7, 11) is -3.97. The summed E-state index contributed by atoms with van der Waals surface area (Å²) in [6.45, 7) is 5.77. The van der Waals surface area contributed by atoms with Crippen molar-refractivity contribution in [2.24, 2.45) is 0 Å². The number of nitrogens with one attached hydrogen (secondary N) is 2. The number of amides is 1. The maximum absolute atomic E-state index is 12.9. The Kier molecular flexibility index (Phi) is 7.03. The average Bonchev–Trinajstić information content (AvgIpc) is 2.75. The molecule has 3 aromatic carbocycles. The molecular weight excluding hydrogens is 432 g/mol. The number of rotatable bonds is 7. The summed E-state index contributed by atoms with van der Waals surface area (Å²) in [6.07, 6.45) is 0.944. The normalized spacial score (nSPS) is 12.3. The first kappa shape index (κ1) is 22.8. The Bertz CT molecular complexity index is 1190. The lowest BCUT2D eigenvalue weighted by Gasteiger charge is -2.16. The number of sulfonamides is 1. The monoisotopic (exact) mass is 456 g/mol. The molecule has 0 saturated heterocycles. The number of carbonyl (C=O) groups is 1. The van der Waals surface area contributed by atoms with Crippen molar-refractivity contribution in [1.82, 2.24) is 5.32 Å². The highest BCUT2D eigenvalue weighted by atomic mass is 35.5. The van der Waals surface area contributed by atoms with Gasteiger partial charge in [-0.15, -0.1) is 0 Å². The smallest absolute Gasteiger partial charge is 0.263 e. The van der Waals surface area contributed by atoms with Crippen LogP contribution in [0.15, 0.2) is 71.6 Å². The minimum Gasteiger partial charge on any atom is -0.346 e. The van der Waals surface area contributed by atoms with Crippen LogP contribution in [0, 0.1) is 6.92 Å². The van der Waals surface area contributed by atoms with Crippen LogP contribution >= 0.6 is 11.6 Å². The summed E-state index contributed by atoms with van der Waals surface area (Å²) in [6, 6.07) is 19.0. The van der Waals surface area contributed by atoms with Crippen LogP contribution in [-0.4, -0.2) is 14.3 Å². The maximum atomic E-state index is 12.9. The standard InChI is InChI=1S/C24H25ClN2O3S/c1-4-18-9-11-19(12-10-18)17(3)26-24(28)20-13-14-21(25)23(15-20)31(29,30)27-22-8-6-5-7-16(22)2/h5-15,17,27H,4H2,1-3H3,(H,26,28)/t17-/m0/s1. The highest BCUT2D eigenvalue weighted by molar-refractivity contribution is 7.92. The lowest BCUT2D eigenvalue weighted by atomic mass is 10.0. The molecule has 3 aromatic rings. The van der Waals surface area contributed by atoms with Gasteiger partial charge in [0.2, 0.25) is 0 Å². The van der Waals surface area contributed by atoms with Crippen molar-refractivity contribution >= 4 is 33.2 Å². The molecule has 0 radical (unpaired) electrons. The lowest BCUT2D eigenvalue weighted by molar-refractivity contribution is 0.0939. The maximum Gasteiger partial charge on any atom is 0.263 e. The van der Waals surface area contributed by atoms with Gasteiger partial charge in [-0.3, -0.25) is 9.52 Å². The van der Waals surface area contributed by atoms with Crippen LogP contribution in [0.1, 0.15) is 46.9 Å². The van der Waals surface area contributed by atoms with Gasteiger partial charge in [0.05, 0.1) is 16.8 Å². The molecule has 0 aromatic heterocycles. The lowest BCUT2D eigenvalue weighted by Crippen LogP contribution is -2.27. The fourth-order valence-corrected chi connectivity index (χ4v) is 4.80. The van der Waals surface area contributed by atoms with Crippen molar-refractivity contribution in [2.75, 3.05) is 4.72 Å². The molecule has 0 fully saturated rings. The highest BCUT2D eigenvalue weighted by Gasteiger charge is 2.21. The van der Waals surface area contributed by atoms with Crippen LogP contribution in [0.25, 0.3) is 0 Å². The Hall–Kier alpha value is -2.83. The van der Waals surface area contributed by atoms with Crippen LogP contribution in [-0.2, 0) is 16.4 Å². The van der Waals surface area contributed by atoms with Gasteiger partial charge in [0.1, 0.15) is 4.90 Å². The van der Waals surface area contributed by atoms with E-state index in [1.54, 1.807) is 25.1 Å². The Morgan fingerprint density at radius 2 is 1.71 bits per heavy atom.